The maximum atomic E-state index is 5.77. The number of hydrogen-bond donors (Lipinski definition) is 1. The maximum absolute atomic E-state index is 5.77. The monoisotopic (exact) mass is 273 g/mol. The number of nitrogens with zero attached hydrogens (tertiary/aromatic N) is 2. The topological polar surface area (TPSA) is 55.3 Å². The zero-order chi connectivity index (χ0) is 14.5. The Morgan fingerprint density at radius 2 is 2.05 bits per heavy atom. The molecule has 0 fully saturated rings. The minimum atomic E-state index is 0.456. The molecule has 2 rings (SSSR count). The van der Waals surface area contributed by atoms with Gasteiger partial charge in [-0.05, 0) is 44.2 Å². The summed E-state index contributed by atoms with van der Waals surface area (Å²) in [5.41, 5.74) is 8.93. The molecule has 0 bridgehead atoms. The van der Waals surface area contributed by atoms with Crippen molar-refractivity contribution in [2.24, 2.45) is 5.73 Å². The summed E-state index contributed by atoms with van der Waals surface area (Å²) in [4.78, 5) is 6.86. The molecular weight excluding hydrogens is 250 g/mol. The predicted molar refractivity (Wildman–Crippen MR) is 80.1 cm³/mol. The van der Waals surface area contributed by atoms with Gasteiger partial charge in [0.15, 0.2) is 0 Å². The molecule has 0 saturated carbocycles. The summed E-state index contributed by atoms with van der Waals surface area (Å²) in [5.74, 6) is 1.85. The maximum Gasteiger partial charge on any atom is 0.120 e. The van der Waals surface area contributed by atoms with Gasteiger partial charge < -0.3 is 10.2 Å². The summed E-state index contributed by atoms with van der Waals surface area (Å²) >= 11 is 0. The lowest BCUT2D eigenvalue weighted by Crippen LogP contribution is -2.22. The van der Waals surface area contributed by atoms with Gasteiger partial charge in [0.1, 0.15) is 11.5 Å². The third-order valence-corrected chi connectivity index (χ3v) is 3.42. The van der Waals surface area contributed by atoms with E-state index >= 15 is 0 Å². The van der Waals surface area contributed by atoms with Gasteiger partial charge in [-0.3, -0.25) is 9.88 Å². The fourth-order valence-corrected chi connectivity index (χ4v) is 2.29. The minimum absolute atomic E-state index is 0.456. The van der Waals surface area contributed by atoms with E-state index in [-0.39, 0.29) is 0 Å². The van der Waals surface area contributed by atoms with Crippen molar-refractivity contribution in [3.63, 3.8) is 0 Å². The van der Waals surface area contributed by atoms with Crippen LogP contribution in [0.4, 0.5) is 0 Å². The summed E-state index contributed by atoms with van der Waals surface area (Å²) in [6.07, 6.45) is 0. The highest BCUT2D eigenvalue weighted by molar-refractivity contribution is 5.20. The lowest BCUT2D eigenvalue weighted by molar-refractivity contribution is 0.242. The van der Waals surface area contributed by atoms with Crippen molar-refractivity contribution in [3.8, 4) is 0 Å². The van der Waals surface area contributed by atoms with Crippen LogP contribution in [0.5, 0.6) is 0 Å². The smallest absolute Gasteiger partial charge is 0.120 e. The number of hydrogen-bond acceptors (Lipinski definition) is 4. The zero-order valence-corrected chi connectivity index (χ0v) is 12.5. The highest BCUT2D eigenvalue weighted by Crippen LogP contribution is 2.16. The van der Waals surface area contributed by atoms with Gasteiger partial charge in [-0.1, -0.05) is 13.0 Å². The van der Waals surface area contributed by atoms with E-state index in [4.69, 9.17) is 10.2 Å². The van der Waals surface area contributed by atoms with Crippen molar-refractivity contribution >= 4 is 0 Å². The Bertz CT molecular complexity index is 563. The second-order valence-electron chi connectivity index (χ2n) is 5.10. The van der Waals surface area contributed by atoms with E-state index in [1.165, 1.54) is 0 Å². The summed E-state index contributed by atoms with van der Waals surface area (Å²) in [6.45, 7) is 9.22. The lowest BCUT2D eigenvalue weighted by Gasteiger charge is -2.18. The number of nitrogens with two attached hydrogens (primary N) is 1. The van der Waals surface area contributed by atoms with Crippen LogP contribution in [-0.4, -0.2) is 16.4 Å². The zero-order valence-electron chi connectivity index (χ0n) is 12.5. The first-order valence-electron chi connectivity index (χ1n) is 7.05. The molecule has 0 aliphatic heterocycles. The number of aryl methyl sites for hydroxylation is 2. The molecule has 2 N–H and O–H groups in total. The summed E-state index contributed by atoms with van der Waals surface area (Å²) in [7, 11) is 0. The van der Waals surface area contributed by atoms with E-state index in [1.54, 1.807) is 0 Å². The Kier molecular flexibility index (Phi) is 4.93. The first kappa shape index (κ1) is 14.8. The van der Waals surface area contributed by atoms with Crippen LogP contribution in [-0.2, 0) is 19.6 Å². The normalized spacial score (nSPS) is 11.2. The molecule has 0 aliphatic rings. The molecule has 2 heterocycles. The Hall–Kier alpha value is -1.65. The standard InChI is InChI=1S/C16H23N3O/c1-4-19(10-14-7-5-6-13(3)18-14)11-15-8-12(2)16(9-17)20-15/h5-8H,4,9-11,17H2,1-3H3. The van der Waals surface area contributed by atoms with E-state index < -0.39 is 0 Å². The van der Waals surface area contributed by atoms with Crippen LogP contribution in [0.15, 0.2) is 28.7 Å². The van der Waals surface area contributed by atoms with Crippen molar-refractivity contribution in [1.82, 2.24) is 9.88 Å². The van der Waals surface area contributed by atoms with Crippen molar-refractivity contribution in [3.05, 3.63) is 52.7 Å². The average Bonchev–Trinajstić information content (AvgIpc) is 2.78. The lowest BCUT2D eigenvalue weighted by atomic mass is 10.2. The van der Waals surface area contributed by atoms with Crippen LogP contribution in [0.1, 0.15) is 35.4 Å². The van der Waals surface area contributed by atoms with Gasteiger partial charge in [0.05, 0.1) is 18.8 Å². The highest BCUT2D eigenvalue weighted by atomic mass is 16.3. The molecule has 2 aromatic heterocycles. The van der Waals surface area contributed by atoms with Crippen molar-refractivity contribution < 1.29 is 4.42 Å². The second kappa shape index (κ2) is 6.68. The number of aromatic nitrogens is 1. The summed E-state index contributed by atoms with van der Waals surface area (Å²) in [5, 5.41) is 0. The molecule has 0 saturated heterocycles. The van der Waals surface area contributed by atoms with Crippen molar-refractivity contribution in [1.29, 1.82) is 0 Å². The quantitative estimate of drug-likeness (QED) is 0.879. The second-order valence-corrected chi connectivity index (χ2v) is 5.10. The molecule has 4 nitrogen and oxygen atoms in total. The van der Waals surface area contributed by atoms with Crippen LogP contribution in [0.25, 0.3) is 0 Å². The molecule has 4 heteroatoms. The predicted octanol–water partition coefficient (Wildman–Crippen LogP) is 2.77. The van der Waals surface area contributed by atoms with E-state index in [1.807, 2.05) is 19.9 Å². The third-order valence-electron chi connectivity index (χ3n) is 3.42. The number of rotatable bonds is 6. The Morgan fingerprint density at radius 1 is 1.25 bits per heavy atom. The molecule has 0 atom stereocenters. The fourth-order valence-electron chi connectivity index (χ4n) is 2.29. The summed E-state index contributed by atoms with van der Waals surface area (Å²) in [6, 6.07) is 8.21. The van der Waals surface area contributed by atoms with E-state index in [0.29, 0.717) is 6.54 Å². The third kappa shape index (κ3) is 3.68. The molecular formula is C16H23N3O. The van der Waals surface area contributed by atoms with Crippen LogP contribution in [0.2, 0.25) is 0 Å². The SMILES string of the molecule is CCN(Cc1cccc(C)n1)Cc1cc(C)c(CN)o1. The van der Waals surface area contributed by atoms with Gasteiger partial charge in [0, 0.05) is 12.2 Å². The van der Waals surface area contributed by atoms with Gasteiger partial charge in [-0.2, -0.15) is 0 Å². The molecule has 0 radical (unpaired) electrons. The van der Waals surface area contributed by atoms with E-state index in [0.717, 1.165) is 48.1 Å². The van der Waals surface area contributed by atoms with Crippen LogP contribution in [0.3, 0.4) is 0 Å². The van der Waals surface area contributed by atoms with Gasteiger partial charge in [-0.25, -0.2) is 0 Å². The Labute approximate surface area is 120 Å². The van der Waals surface area contributed by atoms with Crippen LogP contribution in [0, 0.1) is 13.8 Å². The summed E-state index contributed by atoms with van der Waals surface area (Å²) < 4.78 is 5.77. The van der Waals surface area contributed by atoms with Gasteiger partial charge >= 0.3 is 0 Å². The molecule has 108 valence electrons. The highest BCUT2D eigenvalue weighted by Gasteiger charge is 2.11. The molecule has 2 aromatic rings. The minimum Gasteiger partial charge on any atom is -0.463 e. The first-order valence-corrected chi connectivity index (χ1v) is 7.05. The fraction of sp³-hybridized carbons (Fsp3) is 0.438. The van der Waals surface area contributed by atoms with Crippen LogP contribution >= 0.6 is 0 Å². The number of furan rings is 1. The van der Waals surface area contributed by atoms with Crippen molar-refractivity contribution in [2.45, 2.75) is 40.4 Å². The molecule has 0 unspecified atom stereocenters. The average molecular weight is 273 g/mol. The molecule has 0 amide bonds. The largest absolute Gasteiger partial charge is 0.463 e. The van der Waals surface area contributed by atoms with Crippen LogP contribution < -0.4 is 5.73 Å². The molecule has 0 aliphatic carbocycles. The first-order chi connectivity index (χ1) is 9.62. The molecule has 0 aromatic carbocycles. The van der Waals surface area contributed by atoms with Gasteiger partial charge in [-0.15, -0.1) is 0 Å². The van der Waals surface area contributed by atoms with E-state index in [2.05, 4.69) is 35.0 Å². The van der Waals surface area contributed by atoms with E-state index in [9.17, 15) is 0 Å². The molecule has 20 heavy (non-hydrogen) atoms. The Balaban J connectivity index is 2.05. The molecule has 0 spiro atoms. The van der Waals surface area contributed by atoms with Gasteiger partial charge in [0.2, 0.25) is 0 Å². The van der Waals surface area contributed by atoms with Crippen molar-refractivity contribution in [2.75, 3.05) is 6.54 Å². The van der Waals surface area contributed by atoms with Gasteiger partial charge in [0.25, 0.3) is 0 Å². The number of pyridine rings is 1. The Morgan fingerprint density at radius 3 is 2.65 bits per heavy atom.